The summed E-state index contributed by atoms with van der Waals surface area (Å²) in [6.45, 7) is 2.38. The monoisotopic (exact) mass is 267 g/mol. The molecule has 1 saturated heterocycles. The van der Waals surface area contributed by atoms with Gasteiger partial charge in [0.2, 0.25) is 0 Å². The fourth-order valence-corrected chi connectivity index (χ4v) is 2.65. The predicted octanol–water partition coefficient (Wildman–Crippen LogP) is 2.84. The fraction of sp³-hybridized carbons (Fsp3) is 0.600. The molecule has 0 radical (unpaired) electrons. The average molecular weight is 267 g/mol. The van der Waals surface area contributed by atoms with Crippen molar-refractivity contribution >= 4 is 0 Å². The SMILES string of the molecule is COC[C@@H]1CCCCN1Cc1ccc(OC)cc1F. The zero-order valence-corrected chi connectivity index (χ0v) is 11.7. The van der Waals surface area contributed by atoms with Gasteiger partial charge in [0, 0.05) is 31.3 Å². The molecule has 106 valence electrons. The summed E-state index contributed by atoms with van der Waals surface area (Å²) in [6.07, 6.45) is 3.54. The molecule has 0 saturated carbocycles. The van der Waals surface area contributed by atoms with E-state index in [4.69, 9.17) is 9.47 Å². The molecule has 0 N–H and O–H groups in total. The van der Waals surface area contributed by atoms with Crippen LogP contribution in [0.25, 0.3) is 0 Å². The second kappa shape index (κ2) is 6.87. The molecule has 1 aromatic rings. The Labute approximate surface area is 114 Å². The van der Waals surface area contributed by atoms with Crippen molar-refractivity contribution in [1.29, 1.82) is 0 Å². The van der Waals surface area contributed by atoms with Crippen LogP contribution < -0.4 is 4.74 Å². The molecule has 19 heavy (non-hydrogen) atoms. The van der Waals surface area contributed by atoms with Crippen LogP contribution in [-0.2, 0) is 11.3 Å². The van der Waals surface area contributed by atoms with Crippen molar-refractivity contribution in [3.8, 4) is 5.75 Å². The highest BCUT2D eigenvalue weighted by molar-refractivity contribution is 5.28. The Morgan fingerprint density at radius 3 is 2.84 bits per heavy atom. The summed E-state index contributed by atoms with van der Waals surface area (Å²) in [5.74, 6) is 0.370. The Morgan fingerprint density at radius 1 is 1.32 bits per heavy atom. The lowest BCUT2D eigenvalue weighted by Crippen LogP contribution is -2.41. The summed E-state index contributed by atoms with van der Waals surface area (Å²) in [6, 6.07) is 5.48. The van der Waals surface area contributed by atoms with E-state index in [0.29, 0.717) is 18.3 Å². The predicted molar refractivity (Wildman–Crippen MR) is 72.9 cm³/mol. The summed E-state index contributed by atoms with van der Waals surface area (Å²) in [5, 5.41) is 0. The first-order chi connectivity index (χ1) is 9.24. The molecule has 0 spiro atoms. The third-order valence-electron chi connectivity index (χ3n) is 3.74. The molecule has 1 aliphatic heterocycles. The highest BCUT2D eigenvalue weighted by Crippen LogP contribution is 2.23. The molecular weight excluding hydrogens is 245 g/mol. The molecule has 0 aliphatic carbocycles. The van der Waals surface area contributed by atoms with Gasteiger partial charge in [0.1, 0.15) is 11.6 Å². The molecule has 1 heterocycles. The molecule has 1 atom stereocenters. The van der Waals surface area contributed by atoms with E-state index in [1.807, 2.05) is 12.1 Å². The standard InChI is InChI=1S/C15H22FNO2/c1-18-11-13-5-3-4-8-17(13)10-12-6-7-14(19-2)9-15(12)16/h6-7,9,13H,3-5,8,10-11H2,1-2H3/t13-/m0/s1. The maximum absolute atomic E-state index is 14.0. The van der Waals surface area contributed by atoms with E-state index in [1.165, 1.54) is 18.9 Å². The van der Waals surface area contributed by atoms with Crippen molar-refractivity contribution in [2.24, 2.45) is 0 Å². The highest BCUT2D eigenvalue weighted by atomic mass is 19.1. The molecular formula is C15H22FNO2. The molecule has 0 aromatic heterocycles. The second-order valence-electron chi connectivity index (χ2n) is 5.03. The first-order valence-corrected chi connectivity index (χ1v) is 6.80. The van der Waals surface area contributed by atoms with Crippen molar-refractivity contribution < 1.29 is 13.9 Å². The summed E-state index contributed by atoms with van der Waals surface area (Å²) in [7, 11) is 3.27. The van der Waals surface area contributed by atoms with E-state index in [1.54, 1.807) is 14.2 Å². The van der Waals surface area contributed by atoms with Gasteiger partial charge in [-0.05, 0) is 25.5 Å². The van der Waals surface area contributed by atoms with E-state index in [2.05, 4.69) is 4.90 Å². The number of benzene rings is 1. The third-order valence-corrected chi connectivity index (χ3v) is 3.74. The van der Waals surface area contributed by atoms with Gasteiger partial charge in [0.15, 0.2) is 0 Å². The minimum absolute atomic E-state index is 0.193. The fourth-order valence-electron chi connectivity index (χ4n) is 2.65. The molecule has 1 aromatic carbocycles. The lowest BCUT2D eigenvalue weighted by atomic mass is 10.0. The summed E-state index contributed by atoms with van der Waals surface area (Å²) >= 11 is 0. The van der Waals surface area contributed by atoms with Crippen molar-refractivity contribution in [2.75, 3.05) is 27.4 Å². The highest BCUT2D eigenvalue weighted by Gasteiger charge is 2.23. The van der Waals surface area contributed by atoms with E-state index in [9.17, 15) is 4.39 Å². The quantitative estimate of drug-likeness (QED) is 0.819. The molecule has 1 aliphatic rings. The minimum atomic E-state index is -0.193. The summed E-state index contributed by atoms with van der Waals surface area (Å²) < 4.78 is 24.3. The van der Waals surface area contributed by atoms with Crippen LogP contribution in [0.4, 0.5) is 4.39 Å². The number of halogens is 1. The number of ether oxygens (including phenoxy) is 2. The van der Waals surface area contributed by atoms with Crippen LogP contribution in [0.15, 0.2) is 18.2 Å². The Hall–Kier alpha value is -1.13. The van der Waals surface area contributed by atoms with Crippen LogP contribution in [0.3, 0.4) is 0 Å². The smallest absolute Gasteiger partial charge is 0.131 e. The van der Waals surface area contributed by atoms with E-state index >= 15 is 0 Å². The van der Waals surface area contributed by atoms with E-state index in [-0.39, 0.29) is 5.82 Å². The molecule has 1 fully saturated rings. The second-order valence-corrected chi connectivity index (χ2v) is 5.03. The topological polar surface area (TPSA) is 21.7 Å². The Kier molecular flexibility index (Phi) is 5.16. The molecule has 2 rings (SSSR count). The van der Waals surface area contributed by atoms with E-state index < -0.39 is 0 Å². The molecule has 3 nitrogen and oxygen atoms in total. The molecule has 0 bridgehead atoms. The maximum Gasteiger partial charge on any atom is 0.131 e. The average Bonchev–Trinajstić information content (AvgIpc) is 2.43. The number of methoxy groups -OCH3 is 2. The van der Waals surface area contributed by atoms with Crippen LogP contribution in [0, 0.1) is 5.82 Å². The maximum atomic E-state index is 14.0. The zero-order valence-electron chi connectivity index (χ0n) is 11.7. The van der Waals surface area contributed by atoms with Gasteiger partial charge in [-0.1, -0.05) is 12.5 Å². The summed E-state index contributed by atoms with van der Waals surface area (Å²) in [5.41, 5.74) is 0.726. The number of likely N-dealkylation sites (tertiary alicyclic amines) is 1. The number of nitrogens with zero attached hydrogens (tertiary/aromatic N) is 1. The van der Waals surface area contributed by atoms with Crippen molar-refractivity contribution in [2.45, 2.75) is 31.8 Å². The van der Waals surface area contributed by atoms with Crippen LogP contribution in [-0.4, -0.2) is 38.3 Å². The van der Waals surface area contributed by atoms with Gasteiger partial charge >= 0.3 is 0 Å². The van der Waals surface area contributed by atoms with Gasteiger partial charge in [0.25, 0.3) is 0 Å². The van der Waals surface area contributed by atoms with Crippen LogP contribution in [0.1, 0.15) is 24.8 Å². The van der Waals surface area contributed by atoms with Gasteiger partial charge in [-0.2, -0.15) is 0 Å². The third kappa shape index (κ3) is 3.67. The van der Waals surface area contributed by atoms with Gasteiger partial charge in [-0.15, -0.1) is 0 Å². The summed E-state index contributed by atoms with van der Waals surface area (Å²) in [4.78, 5) is 2.32. The number of hydrogen-bond donors (Lipinski definition) is 0. The van der Waals surface area contributed by atoms with Crippen molar-refractivity contribution in [3.05, 3.63) is 29.6 Å². The van der Waals surface area contributed by atoms with Crippen LogP contribution in [0.2, 0.25) is 0 Å². The van der Waals surface area contributed by atoms with Gasteiger partial charge < -0.3 is 9.47 Å². The van der Waals surface area contributed by atoms with Crippen molar-refractivity contribution in [1.82, 2.24) is 4.90 Å². The number of rotatable bonds is 5. The van der Waals surface area contributed by atoms with Crippen molar-refractivity contribution in [3.63, 3.8) is 0 Å². The number of hydrogen-bond acceptors (Lipinski definition) is 3. The van der Waals surface area contributed by atoms with Crippen LogP contribution >= 0.6 is 0 Å². The first kappa shape index (κ1) is 14.3. The first-order valence-electron chi connectivity index (χ1n) is 6.80. The Balaban J connectivity index is 2.06. The van der Waals surface area contributed by atoms with E-state index in [0.717, 1.165) is 25.1 Å². The van der Waals surface area contributed by atoms with Gasteiger partial charge in [-0.3, -0.25) is 4.90 Å². The Morgan fingerprint density at radius 2 is 2.16 bits per heavy atom. The minimum Gasteiger partial charge on any atom is -0.497 e. The number of piperidine rings is 1. The Bertz CT molecular complexity index is 409. The van der Waals surface area contributed by atoms with Gasteiger partial charge in [-0.25, -0.2) is 4.39 Å². The molecule has 0 amide bonds. The van der Waals surface area contributed by atoms with Gasteiger partial charge in [0.05, 0.1) is 13.7 Å². The lowest BCUT2D eigenvalue weighted by molar-refractivity contribution is 0.0593. The lowest BCUT2D eigenvalue weighted by Gasteiger charge is -2.35. The zero-order chi connectivity index (χ0) is 13.7. The molecule has 4 heteroatoms. The molecule has 0 unspecified atom stereocenters. The normalized spacial score (nSPS) is 20.5. The largest absolute Gasteiger partial charge is 0.497 e. The van der Waals surface area contributed by atoms with Crippen LogP contribution in [0.5, 0.6) is 5.75 Å².